The zero-order valence-corrected chi connectivity index (χ0v) is 26.1. The van der Waals surface area contributed by atoms with E-state index in [9.17, 15) is 22.8 Å². The summed E-state index contributed by atoms with van der Waals surface area (Å²) in [6.07, 6.45) is 6.75. The molecule has 12 heteroatoms. The lowest BCUT2D eigenvalue weighted by atomic mass is 9.81. The van der Waals surface area contributed by atoms with Crippen molar-refractivity contribution in [3.63, 3.8) is 0 Å². The smallest absolute Gasteiger partial charge is 0.270 e. The van der Waals surface area contributed by atoms with Gasteiger partial charge in [0.15, 0.2) is 0 Å². The lowest BCUT2D eigenvalue weighted by Gasteiger charge is -2.26. The van der Waals surface area contributed by atoms with Gasteiger partial charge >= 0.3 is 0 Å². The van der Waals surface area contributed by atoms with Gasteiger partial charge in [-0.25, -0.2) is 13.1 Å². The summed E-state index contributed by atoms with van der Waals surface area (Å²) in [4.78, 5) is 40.4. The second kappa shape index (κ2) is 11.1. The highest BCUT2D eigenvalue weighted by Gasteiger charge is 2.47. The van der Waals surface area contributed by atoms with Crippen LogP contribution in [0.2, 0.25) is 0 Å². The molecule has 3 aromatic rings. The topological polar surface area (TPSA) is 122 Å². The van der Waals surface area contributed by atoms with Crippen molar-refractivity contribution < 1.29 is 22.8 Å². The van der Waals surface area contributed by atoms with Crippen molar-refractivity contribution in [1.82, 2.24) is 20.0 Å². The Bertz CT molecular complexity index is 1660. The van der Waals surface area contributed by atoms with Crippen molar-refractivity contribution >= 4 is 60.3 Å². The van der Waals surface area contributed by atoms with Gasteiger partial charge in [0.25, 0.3) is 5.91 Å². The molecule has 0 bridgehead atoms. The van der Waals surface area contributed by atoms with Gasteiger partial charge in [-0.1, -0.05) is 28.8 Å². The number of amides is 3. The van der Waals surface area contributed by atoms with Crippen LogP contribution in [0.4, 0.5) is 5.69 Å². The molecule has 1 aromatic heterocycles. The molecular formula is C30H34BrN5O5S. The molecule has 0 spiro atoms. The first-order valence-corrected chi connectivity index (χ1v) is 17.1. The summed E-state index contributed by atoms with van der Waals surface area (Å²) in [5.41, 5.74) is 2.96. The second-order valence-corrected chi connectivity index (χ2v) is 14.4. The maximum Gasteiger partial charge on any atom is 0.270 e. The van der Waals surface area contributed by atoms with E-state index in [1.54, 1.807) is 17.8 Å². The number of imide groups is 1. The lowest BCUT2D eigenvalue weighted by Crippen LogP contribution is -2.36. The molecular weight excluding hydrogens is 622 g/mol. The van der Waals surface area contributed by atoms with Crippen LogP contribution in [0.1, 0.15) is 66.9 Å². The molecule has 2 heterocycles. The van der Waals surface area contributed by atoms with E-state index in [4.69, 9.17) is 5.10 Å². The maximum atomic E-state index is 13.2. The summed E-state index contributed by atoms with van der Waals surface area (Å²) >= 11 is 3.44. The van der Waals surface area contributed by atoms with Gasteiger partial charge < -0.3 is 5.32 Å². The molecule has 3 fully saturated rings. The van der Waals surface area contributed by atoms with Crippen molar-refractivity contribution in [3.05, 3.63) is 52.1 Å². The van der Waals surface area contributed by atoms with Crippen molar-refractivity contribution in [2.45, 2.75) is 50.9 Å². The zero-order valence-electron chi connectivity index (χ0n) is 23.7. The first kappa shape index (κ1) is 28.9. The minimum atomic E-state index is -3.71. The van der Waals surface area contributed by atoms with Crippen LogP contribution in [0.15, 0.2) is 40.9 Å². The van der Waals surface area contributed by atoms with Crippen LogP contribution in [0.25, 0.3) is 16.6 Å². The van der Waals surface area contributed by atoms with Gasteiger partial charge in [-0.2, -0.15) is 5.10 Å². The Kier molecular flexibility index (Phi) is 7.63. The van der Waals surface area contributed by atoms with Gasteiger partial charge in [0.2, 0.25) is 21.8 Å². The molecule has 2 aliphatic carbocycles. The number of hydrogen-bond donors (Lipinski definition) is 1. The van der Waals surface area contributed by atoms with Crippen molar-refractivity contribution in [1.29, 1.82) is 0 Å². The Balaban J connectivity index is 1.36. The number of halogens is 1. The Morgan fingerprint density at radius 3 is 2.26 bits per heavy atom. The Morgan fingerprint density at radius 1 is 1.05 bits per heavy atom. The van der Waals surface area contributed by atoms with Gasteiger partial charge in [0.05, 0.1) is 35.0 Å². The van der Waals surface area contributed by atoms with Crippen LogP contribution in [0.3, 0.4) is 0 Å². The number of carbonyl (C=O) groups excluding carboxylic acids is 3. The molecule has 1 aliphatic heterocycles. The van der Waals surface area contributed by atoms with E-state index in [2.05, 4.69) is 21.2 Å². The van der Waals surface area contributed by atoms with Crippen LogP contribution in [-0.4, -0.2) is 67.2 Å². The molecule has 0 radical (unpaired) electrons. The fourth-order valence-corrected chi connectivity index (χ4v) is 7.71. The van der Waals surface area contributed by atoms with Crippen LogP contribution in [0, 0.1) is 11.8 Å². The molecule has 6 rings (SSSR count). The van der Waals surface area contributed by atoms with Gasteiger partial charge in [-0.15, -0.1) is 0 Å². The third-order valence-corrected chi connectivity index (χ3v) is 10.4. The Hall–Kier alpha value is -3.25. The van der Waals surface area contributed by atoms with Crippen LogP contribution in [0.5, 0.6) is 0 Å². The SMILES string of the molecule is CNC(=O)c1c2cc(C3CC3)c(N(CCCN3C(=O)[C@H]4CCCC[C@H]4C3=O)S(C)(=O)=O)cc2nn1-c1ccc(Br)cc1. The lowest BCUT2D eigenvalue weighted by molar-refractivity contribution is -0.139. The summed E-state index contributed by atoms with van der Waals surface area (Å²) in [6.45, 7) is 0.308. The van der Waals surface area contributed by atoms with Gasteiger partial charge in [0.1, 0.15) is 5.69 Å². The van der Waals surface area contributed by atoms with Gasteiger partial charge in [-0.05, 0) is 80.0 Å². The highest BCUT2D eigenvalue weighted by Crippen LogP contribution is 2.47. The van der Waals surface area contributed by atoms with Crippen LogP contribution in [-0.2, 0) is 19.6 Å². The average molecular weight is 657 g/mol. The number of anilines is 1. The summed E-state index contributed by atoms with van der Waals surface area (Å²) in [6, 6.07) is 11.1. The number of hydrogen-bond acceptors (Lipinski definition) is 6. The van der Waals surface area contributed by atoms with Crippen molar-refractivity contribution in [3.8, 4) is 5.69 Å². The molecule has 2 atom stereocenters. The first-order chi connectivity index (χ1) is 20.1. The molecule has 3 amide bonds. The monoisotopic (exact) mass is 655 g/mol. The van der Waals surface area contributed by atoms with E-state index in [0.717, 1.165) is 48.6 Å². The molecule has 2 aromatic carbocycles. The highest BCUT2D eigenvalue weighted by atomic mass is 79.9. The minimum Gasteiger partial charge on any atom is -0.354 e. The van der Waals surface area contributed by atoms with E-state index in [1.807, 2.05) is 30.3 Å². The first-order valence-electron chi connectivity index (χ1n) is 14.5. The van der Waals surface area contributed by atoms with E-state index < -0.39 is 10.0 Å². The fraction of sp³-hybridized carbons (Fsp3) is 0.467. The normalized spacial score (nSPS) is 20.7. The van der Waals surface area contributed by atoms with E-state index in [-0.39, 0.29) is 48.6 Å². The zero-order chi connectivity index (χ0) is 29.8. The predicted molar refractivity (Wildman–Crippen MR) is 163 cm³/mol. The number of rotatable bonds is 9. The third kappa shape index (κ3) is 5.23. The molecule has 1 N–H and O–H groups in total. The third-order valence-electron chi connectivity index (χ3n) is 8.69. The summed E-state index contributed by atoms with van der Waals surface area (Å²) in [5.74, 6) is -0.803. The minimum absolute atomic E-state index is 0.115. The number of aromatic nitrogens is 2. The molecule has 42 heavy (non-hydrogen) atoms. The molecule has 3 aliphatic rings. The fourth-order valence-electron chi connectivity index (χ4n) is 6.47. The summed E-state index contributed by atoms with van der Waals surface area (Å²) in [5, 5.41) is 8.11. The number of likely N-dealkylation sites (tertiary alicyclic amines) is 1. The molecule has 1 saturated heterocycles. The van der Waals surface area contributed by atoms with Crippen LogP contribution < -0.4 is 9.62 Å². The molecule has 10 nitrogen and oxygen atoms in total. The number of nitrogens with one attached hydrogen (secondary N) is 1. The van der Waals surface area contributed by atoms with Gasteiger partial charge in [-0.3, -0.25) is 23.6 Å². The predicted octanol–water partition coefficient (Wildman–Crippen LogP) is 4.36. The molecule has 2 saturated carbocycles. The van der Waals surface area contributed by atoms with Crippen LogP contribution >= 0.6 is 15.9 Å². The Morgan fingerprint density at radius 2 is 1.69 bits per heavy atom. The maximum absolute atomic E-state index is 13.2. The van der Waals surface area contributed by atoms with Crippen molar-refractivity contribution in [2.24, 2.45) is 11.8 Å². The van der Waals surface area contributed by atoms with E-state index in [0.29, 0.717) is 34.4 Å². The highest BCUT2D eigenvalue weighted by molar-refractivity contribution is 9.10. The number of benzene rings is 2. The number of carbonyl (C=O) groups is 3. The number of nitrogens with zero attached hydrogens (tertiary/aromatic N) is 4. The second-order valence-electron chi connectivity index (χ2n) is 11.5. The molecule has 0 unspecified atom stereocenters. The van der Waals surface area contributed by atoms with Gasteiger partial charge in [0, 0.05) is 30.0 Å². The largest absolute Gasteiger partial charge is 0.354 e. The number of fused-ring (bicyclic) bond motifs is 2. The summed E-state index contributed by atoms with van der Waals surface area (Å²) in [7, 11) is -2.15. The summed E-state index contributed by atoms with van der Waals surface area (Å²) < 4.78 is 30.2. The van der Waals surface area contributed by atoms with E-state index >= 15 is 0 Å². The standard InChI is InChI=1S/C30H34BrN5O5S/c1-32-28(37)27-24-16-23(18-8-9-18)26(17-25(24)33-36(27)20-12-10-19(31)11-13-20)35(42(2,40)41)15-5-14-34-29(38)21-6-3-4-7-22(21)30(34)39/h10-13,16-18,21-22H,3-9,14-15H2,1-2H3,(H,32,37)/t21-,22+. The quantitative estimate of drug-likeness (QED) is 0.342. The van der Waals surface area contributed by atoms with Crippen molar-refractivity contribution in [2.75, 3.05) is 30.7 Å². The number of sulfonamides is 1. The molecule has 222 valence electrons. The Labute approximate surface area is 253 Å². The van der Waals surface area contributed by atoms with E-state index in [1.165, 1.54) is 15.5 Å². The average Bonchev–Trinajstić information content (AvgIpc) is 3.71.